The molecular formula is C40H44F3N7O4. The van der Waals surface area contributed by atoms with E-state index in [1.54, 1.807) is 12.1 Å². The number of nitrogens with one attached hydrogen (secondary N) is 2. The first-order valence-corrected chi connectivity index (χ1v) is 19.1. The van der Waals surface area contributed by atoms with Gasteiger partial charge in [0.05, 0.1) is 19.0 Å². The van der Waals surface area contributed by atoms with Crippen LogP contribution in [0.1, 0.15) is 57.9 Å². The van der Waals surface area contributed by atoms with Crippen LogP contribution >= 0.6 is 0 Å². The summed E-state index contributed by atoms with van der Waals surface area (Å²) in [4.78, 5) is 31.5. The summed E-state index contributed by atoms with van der Waals surface area (Å²) in [6.07, 6.45) is 5.39. The Balaban J connectivity index is 1.18. The number of likely N-dealkylation sites (tertiary alicyclic amines) is 1. The molecule has 5 aliphatic rings. The summed E-state index contributed by atoms with van der Waals surface area (Å²) in [5, 5.41) is 7.53. The van der Waals surface area contributed by atoms with E-state index in [4.69, 9.17) is 29.2 Å². The van der Waals surface area contributed by atoms with E-state index in [1.807, 2.05) is 13.8 Å². The molecule has 2 bridgehead atoms. The third-order valence-corrected chi connectivity index (χ3v) is 12.1. The first-order valence-electron chi connectivity index (χ1n) is 19.1. The molecule has 4 atom stereocenters. The Labute approximate surface area is 311 Å². The molecule has 1 amide bonds. The zero-order chi connectivity index (χ0) is 37.3. The van der Waals surface area contributed by atoms with Crippen molar-refractivity contribution in [1.29, 1.82) is 0 Å². The largest absolute Gasteiger partial charge is 0.472 e. The number of nitrogens with zero attached hydrogens (tertiary/aromatic N) is 5. The lowest BCUT2D eigenvalue weighted by Crippen LogP contribution is -2.62. The fourth-order valence-electron chi connectivity index (χ4n) is 9.10. The van der Waals surface area contributed by atoms with Crippen LogP contribution in [0.2, 0.25) is 0 Å². The number of hydrogen-bond donors (Lipinski definition) is 2. The quantitative estimate of drug-likeness (QED) is 0.205. The van der Waals surface area contributed by atoms with Crippen LogP contribution in [0.4, 0.5) is 23.8 Å². The minimum absolute atomic E-state index is 0.0135. The molecule has 3 saturated heterocycles. The predicted molar refractivity (Wildman–Crippen MR) is 198 cm³/mol. The first kappa shape index (κ1) is 35.0. The van der Waals surface area contributed by atoms with Gasteiger partial charge in [-0.2, -0.15) is 9.97 Å². The molecule has 4 fully saturated rings. The van der Waals surface area contributed by atoms with Crippen molar-refractivity contribution in [2.75, 3.05) is 44.7 Å². The molecule has 0 spiro atoms. The molecule has 284 valence electrons. The molecule has 4 aliphatic heterocycles. The number of fused-ring (bicyclic) bond motifs is 6. The van der Waals surface area contributed by atoms with Crippen LogP contribution in [0.5, 0.6) is 17.6 Å². The minimum atomic E-state index is -0.744. The lowest BCUT2D eigenvalue weighted by atomic mass is 9.94. The molecule has 9 rings (SSSR count). The normalized spacial score (nSPS) is 24.2. The van der Waals surface area contributed by atoms with Gasteiger partial charge in [-0.15, -0.1) is 0 Å². The number of pyridine rings is 1. The third kappa shape index (κ3) is 6.07. The molecule has 2 aromatic carbocycles. The van der Waals surface area contributed by atoms with Crippen molar-refractivity contribution in [3.63, 3.8) is 0 Å². The maximum atomic E-state index is 17.5. The summed E-state index contributed by atoms with van der Waals surface area (Å²) in [5.41, 5.74) is 1.25. The SMILES string of the molecule is CCc1c(F)ccc2cc(OC(=O)NC)cc(-c3nc4c5c(nc(OCC6(CN7CCC(=CF)CC7)CC6)nc5c3F)N3CC5CCC(N5)C3C(C)O4)c12. The highest BCUT2D eigenvalue weighted by molar-refractivity contribution is 6.03. The molecule has 1 aliphatic carbocycles. The van der Waals surface area contributed by atoms with Crippen LogP contribution < -0.4 is 29.7 Å². The van der Waals surface area contributed by atoms with Gasteiger partial charge in [-0.1, -0.05) is 13.0 Å². The second-order valence-electron chi connectivity index (χ2n) is 15.6. The number of benzene rings is 2. The Morgan fingerprint density at radius 2 is 1.94 bits per heavy atom. The first-order chi connectivity index (χ1) is 26.2. The fraction of sp³-hybridized carbons (Fsp3) is 0.500. The van der Waals surface area contributed by atoms with Crippen LogP contribution in [0.3, 0.4) is 0 Å². The van der Waals surface area contributed by atoms with Crippen molar-refractivity contribution in [1.82, 2.24) is 30.5 Å². The van der Waals surface area contributed by atoms with Crippen molar-refractivity contribution in [3.8, 4) is 28.9 Å². The number of hydrogen-bond acceptors (Lipinski definition) is 10. The molecule has 4 unspecified atom stereocenters. The standard InChI is InChI=1S/C40H44F3N7O4/c1-4-26-28(42)7-5-23-15-25(54-39(51)44-3)16-27(30(23)26)33-32(43)34-31-36(50-18-24-6-8-29(45-24)35(50)21(2)53-37(31)46-33)48-38(47-34)52-20-40(11-12-40)19-49-13-9-22(17-41)10-14-49/h5,7,15-17,21,24,29,35,45H,4,6,8-14,18-20H2,1-3H3,(H,44,51). The van der Waals surface area contributed by atoms with Gasteiger partial charge in [0.2, 0.25) is 5.88 Å². The number of piperidine rings is 1. The van der Waals surface area contributed by atoms with Gasteiger partial charge in [0.1, 0.15) is 40.1 Å². The van der Waals surface area contributed by atoms with Gasteiger partial charge in [-0.05, 0) is 92.0 Å². The van der Waals surface area contributed by atoms with Gasteiger partial charge in [-0.3, -0.25) is 0 Å². The fourth-order valence-corrected chi connectivity index (χ4v) is 9.10. The summed E-state index contributed by atoms with van der Waals surface area (Å²) >= 11 is 0. The average Bonchev–Trinajstić information content (AvgIpc) is 3.87. The number of carbonyl (C=O) groups excluding carboxylic acids is 1. The van der Waals surface area contributed by atoms with Gasteiger partial charge >= 0.3 is 12.1 Å². The topological polar surface area (TPSA) is 114 Å². The maximum Gasteiger partial charge on any atom is 0.412 e. The number of rotatable bonds is 8. The molecule has 1 saturated carbocycles. The molecule has 2 N–H and O–H groups in total. The summed E-state index contributed by atoms with van der Waals surface area (Å²) in [6, 6.07) is 6.40. The highest BCUT2D eigenvalue weighted by Gasteiger charge is 2.48. The van der Waals surface area contributed by atoms with Gasteiger partial charge < -0.3 is 34.6 Å². The molecule has 6 heterocycles. The molecule has 4 aromatic rings. The number of aromatic nitrogens is 3. The van der Waals surface area contributed by atoms with E-state index in [9.17, 15) is 9.18 Å². The molecule has 14 heteroatoms. The number of piperazine rings is 1. The van der Waals surface area contributed by atoms with Crippen LogP contribution in [0, 0.1) is 17.0 Å². The number of ether oxygens (including phenoxy) is 3. The Morgan fingerprint density at radius 1 is 1.13 bits per heavy atom. The van der Waals surface area contributed by atoms with Crippen molar-refractivity contribution >= 4 is 33.6 Å². The van der Waals surface area contributed by atoms with Crippen molar-refractivity contribution in [2.24, 2.45) is 5.41 Å². The van der Waals surface area contributed by atoms with E-state index in [1.165, 1.54) is 19.2 Å². The molecule has 54 heavy (non-hydrogen) atoms. The molecule has 0 radical (unpaired) electrons. The number of aryl methyl sites for hydroxylation is 1. The second-order valence-corrected chi connectivity index (χ2v) is 15.6. The summed E-state index contributed by atoms with van der Waals surface area (Å²) in [5.74, 6) is -0.353. The van der Waals surface area contributed by atoms with E-state index in [2.05, 4.69) is 20.4 Å². The maximum absolute atomic E-state index is 17.5. The predicted octanol–water partition coefficient (Wildman–Crippen LogP) is 6.60. The highest BCUT2D eigenvalue weighted by atomic mass is 19.1. The van der Waals surface area contributed by atoms with Gasteiger partial charge in [0.25, 0.3) is 0 Å². The zero-order valence-corrected chi connectivity index (χ0v) is 30.7. The lowest BCUT2D eigenvalue weighted by molar-refractivity contribution is 0.147. The highest BCUT2D eigenvalue weighted by Crippen LogP contribution is 2.49. The average molecular weight is 744 g/mol. The van der Waals surface area contributed by atoms with Crippen molar-refractivity contribution in [3.05, 3.63) is 53.4 Å². The molecular weight excluding hydrogens is 699 g/mol. The number of carbonyl (C=O) groups is 1. The van der Waals surface area contributed by atoms with Crippen molar-refractivity contribution < 1.29 is 32.2 Å². The van der Waals surface area contributed by atoms with Crippen molar-refractivity contribution in [2.45, 2.75) is 83.0 Å². The van der Waals surface area contributed by atoms with Crippen LogP contribution in [0.25, 0.3) is 32.9 Å². The monoisotopic (exact) mass is 743 g/mol. The lowest BCUT2D eigenvalue weighted by Gasteiger charge is -2.42. The number of anilines is 1. The van der Waals surface area contributed by atoms with E-state index in [0.29, 0.717) is 47.1 Å². The van der Waals surface area contributed by atoms with Gasteiger partial charge in [0.15, 0.2) is 5.82 Å². The van der Waals surface area contributed by atoms with Crippen LogP contribution in [-0.2, 0) is 6.42 Å². The Bertz CT molecular complexity index is 2190. The Kier molecular flexibility index (Phi) is 8.80. The number of halogens is 3. The second kappa shape index (κ2) is 13.6. The van der Waals surface area contributed by atoms with E-state index >= 15 is 8.78 Å². The smallest absolute Gasteiger partial charge is 0.412 e. The zero-order valence-electron chi connectivity index (χ0n) is 30.7. The van der Waals surface area contributed by atoms with E-state index in [0.717, 1.165) is 70.1 Å². The Hall–Kier alpha value is -4.69. The molecule has 11 nitrogen and oxygen atoms in total. The molecule has 2 aromatic heterocycles. The summed E-state index contributed by atoms with van der Waals surface area (Å²) < 4.78 is 64.7. The van der Waals surface area contributed by atoms with E-state index < -0.39 is 17.7 Å². The summed E-state index contributed by atoms with van der Waals surface area (Å²) in [7, 11) is 1.44. The number of amides is 1. The van der Waals surface area contributed by atoms with Crippen LogP contribution in [-0.4, -0.2) is 90.0 Å². The summed E-state index contributed by atoms with van der Waals surface area (Å²) in [6.45, 7) is 7.27. The minimum Gasteiger partial charge on any atom is -0.472 e. The third-order valence-electron chi connectivity index (χ3n) is 12.1. The van der Waals surface area contributed by atoms with Gasteiger partial charge in [0, 0.05) is 56.3 Å². The van der Waals surface area contributed by atoms with Gasteiger partial charge in [-0.25, -0.2) is 22.9 Å². The Morgan fingerprint density at radius 3 is 2.69 bits per heavy atom. The van der Waals surface area contributed by atoms with E-state index in [-0.39, 0.29) is 64.1 Å². The van der Waals surface area contributed by atoms with Crippen LogP contribution in [0.15, 0.2) is 36.2 Å².